The van der Waals surface area contributed by atoms with E-state index in [-0.39, 0.29) is 6.61 Å². The zero-order chi connectivity index (χ0) is 24.7. The summed E-state index contributed by atoms with van der Waals surface area (Å²) >= 11 is 0. The Bertz CT molecular complexity index is 955. The Morgan fingerprint density at radius 3 is 1.86 bits per heavy atom. The first-order valence-corrected chi connectivity index (χ1v) is 13.5. The van der Waals surface area contributed by atoms with Gasteiger partial charge in [-0.05, 0) is 48.1 Å². The highest BCUT2D eigenvalue weighted by Crippen LogP contribution is 2.25. The summed E-state index contributed by atoms with van der Waals surface area (Å²) in [6.45, 7) is 4.53. The molecule has 1 unspecified atom stereocenters. The Labute approximate surface area is 211 Å². The molecule has 0 fully saturated rings. The van der Waals surface area contributed by atoms with Gasteiger partial charge in [0.1, 0.15) is 18.5 Å². The fourth-order valence-electron chi connectivity index (χ4n) is 4.18. The lowest BCUT2D eigenvalue weighted by Crippen LogP contribution is -2.12. The lowest BCUT2D eigenvalue weighted by Gasteiger charge is -2.11. The Morgan fingerprint density at radius 2 is 1.23 bits per heavy atom. The first kappa shape index (κ1) is 26.8. The molecule has 1 heterocycles. The number of aromatic nitrogens is 2. The topological polar surface area (TPSA) is 35.0 Å². The number of hydrogen-bond donors (Lipinski definition) is 0. The molecule has 0 amide bonds. The van der Waals surface area contributed by atoms with Crippen LogP contribution in [0.2, 0.25) is 0 Å². The molecule has 0 saturated heterocycles. The highest BCUT2D eigenvalue weighted by atomic mass is 19.1. The van der Waals surface area contributed by atoms with Crippen LogP contribution in [0.25, 0.3) is 22.5 Å². The smallest absolute Gasteiger partial charge is 0.159 e. The van der Waals surface area contributed by atoms with Crippen LogP contribution in [0.1, 0.15) is 83.6 Å². The van der Waals surface area contributed by atoms with Gasteiger partial charge in [0, 0.05) is 18.0 Å². The fraction of sp³-hybridized carbons (Fsp3) is 0.484. The minimum Gasteiger partial charge on any atom is -0.491 e. The molecule has 0 N–H and O–H groups in total. The van der Waals surface area contributed by atoms with Gasteiger partial charge in [-0.1, -0.05) is 102 Å². The molecule has 0 aliphatic rings. The zero-order valence-corrected chi connectivity index (χ0v) is 21.5. The Balaban J connectivity index is 1.47. The van der Waals surface area contributed by atoms with Crippen LogP contribution in [0, 0.1) is 0 Å². The molecule has 0 radical (unpaired) electrons. The molecule has 1 aromatic heterocycles. The number of ether oxygens (including phenoxy) is 1. The molecular weight excluding hydrogens is 435 g/mol. The molecule has 1 atom stereocenters. The monoisotopic (exact) mass is 476 g/mol. The van der Waals surface area contributed by atoms with Gasteiger partial charge < -0.3 is 4.74 Å². The van der Waals surface area contributed by atoms with E-state index in [2.05, 4.69) is 48.1 Å². The molecule has 0 bridgehead atoms. The first-order chi connectivity index (χ1) is 17.2. The Morgan fingerprint density at radius 1 is 0.686 bits per heavy atom. The molecular formula is C31H41FN2O. The van der Waals surface area contributed by atoms with Crippen LogP contribution in [0.15, 0.2) is 60.9 Å². The van der Waals surface area contributed by atoms with Crippen molar-refractivity contribution in [1.82, 2.24) is 9.97 Å². The van der Waals surface area contributed by atoms with Crippen molar-refractivity contribution in [2.75, 3.05) is 6.61 Å². The molecule has 0 spiro atoms. The van der Waals surface area contributed by atoms with Crippen molar-refractivity contribution < 1.29 is 9.13 Å². The number of unbranched alkanes of at least 4 members (excludes halogenated alkanes) is 7. The molecule has 3 nitrogen and oxygen atoms in total. The molecule has 0 aliphatic heterocycles. The van der Waals surface area contributed by atoms with Gasteiger partial charge in [0.05, 0.1) is 0 Å². The molecule has 0 saturated carbocycles. The van der Waals surface area contributed by atoms with Crippen LogP contribution in [0.5, 0.6) is 5.75 Å². The van der Waals surface area contributed by atoms with Crippen molar-refractivity contribution in [2.45, 2.75) is 90.6 Å². The normalized spacial score (nSPS) is 12.0. The standard InChI is InChI=1S/C31H41FN2O/c1-3-5-7-9-10-12-25-22-33-31(34-23-25)28-16-14-26(15-17-28)27-18-20-30(21-19-27)35-24-29(32)13-11-8-6-4-2/h14-23,29H,3-13,24H2,1-2H3. The van der Waals surface area contributed by atoms with Crippen molar-refractivity contribution in [3.63, 3.8) is 0 Å². The molecule has 188 valence electrons. The van der Waals surface area contributed by atoms with E-state index in [4.69, 9.17) is 4.74 Å². The average molecular weight is 477 g/mol. The summed E-state index contributed by atoms with van der Waals surface area (Å²) in [5, 5.41) is 0. The van der Waals surface area contributed by atoms with Crippen LogP contribution in [0.3, 0.4) is 0 Å². The van der Waals surface area contributed by atoms with E-state index in [0.717, 1.165) is 41.8 Å². The minimum atomic E-state index is -0.902. The lowest BCUT2D eigenvalue weighted by atomic mass is 10.0. The second kappa shape index (κ2) is 15.3. The third-order valence-electron chi connectivity index (χ3n) is 6.41. The predicted molar refractivity (Wildman–Crippen MR) is 145 cm³/mol. The molecule has 3 rings (SSSR count). The van der Waals surface area contributed by atoms with Gasteiger partial charge in [-0.25, -0.2) is 14.4 Å². The highest BCUT2D eigenvalue weighted by Gasteiger charge is 2.08. The van der Waals surface area contributed by atoms with Crippen molar-refractivity contribution in [1.29, 1.82) is 0 Å². The van der Waals surface area contributed by atoms with Crippen LogP contribution in [-0.4, -0.2) is 22.7 Å². The first-order valence-electron chi connectivity index (χ1n) is 13.5. The SMILES string of the molecule is CCCCCCCc1cnc(-c2ccc(-c3ccc(OCC(F)CCCCCC)cc3)cc2)nc1. The summed E-state index contributed by atoms with van der Waals surface area (Å²) in [5.74, 6) is 1.46. The molecule has 2 aromatic carbocycles. The fourth-order valence-corrected chi connectivity index (χ4v) is 4.18. The van der Waals surface area contributed by atoms with Gasteiger partial charge in [-0.2, -0.15) is 0 Å². The van der Waals surface area contributed by atoms with Gasteiger partial charge in [-0.3, -0.25) is 0 Å². The van der Waals surface area contributed by atoms with Gasteiger partial charge >= 0.3 is 0 Å². The number of aryl methyl sites for hydroxylation is 1. The molecule has 4 heteroatoms. The predicted octanol–water partition coefficient (Wildman–Crippen LogP) is 9.01. The maximum atomic E-state index is 14.0. The largest absolute Gasteiger partial charge is 0.491 e. The number of benzene rings is 2. The number of rotatable bonds is 16. The number of nitrogens with zero attached hydrogens (tertiary/aromatic N) is 2. The van der Waals surface area contributed by atoms with Crippen molar-refractivity contribution in [3.8, 4) is 28.3 Å². The van der Waals surface area contributed by atoms with Crippen molar-refractivity contribution in [2.24, 2.45) is 0 Å². The summed E-state index contributed by atoms with van der Waals surface area (Å²) < 4.78 is 19.7. The maximum Gasteiger partial charge on any atom is 0.159 e. The summed E-state index contributed by atoms with van der Waals surface area (Å²) in [6, 6.07) is 16.2. The second-order valence-electron chi connectivity index (χ2n) is 9.44. The van der Waals surface area contributed by atoms with Crippen LogP contribution < -0.4 is 4.74 Å². The lowest BCUT2D eigenvalue weighted by molar-refractivity contribution is 0.184. The van der Waals surface area contributed by atoms with Crippen LogP contribution in [-0.2, 0) is 6.42 Å². The van der Waals surface area contributed by atoms with E-state index < -0.39 is 6.17 Å². The van der Waals surface area contributed by atoms with Crippen molar-refractivity contribution >= 4 is 0 Å². The van der Waals surface area contributed by atoms with E-state index >= 15 is 0 Å². The third kappa shape index (κ3) is 9.43. The number of hydrogen-bond acceptors (Lipinski definition) is 3. The maximum absolute atomic E-state index is 14.0. The molecule has 0 aliphatic carbocycles. The van der Waals surface area contributed by atoms with Crippen LogP contribution in [0.4, 0.5) is 4.39 Å². The van der Waals surface area contributed by atoms with E-state index in [1.54, 1.807) is 0 Å². The van der Waals surface area contributed by atoms with Gasteiger partial charge in [0.25, 0.3) is 0 Å². The Hall–Kier alpha value is -2.75. The van der Waals surface area contributed by atoms with Crippen molar-refractivity contribution in [3.05, 3.63) is 66.5 Å². The summed E-state index contributed by atoms with van der Waals surface area (Å²) in [6.07, 6.45) is 15.4. The van der Waals surface area contributed by atoms with Gasteiger partial charge in [0.15, 0.2) is 5.82 Å². The van der Waals surface area contributed by atoms with Gasteiger partial charge in [-0.15, -0.1) is 0 Å². The highest BCUT2D eigenvalue weighted by molar-refractivity contribution is 5.68. The second-order valence-corrected chi connectivity index (χ2v) is 9.44. The summed E-state index contributed by atoms with van der Waals surface area (Å²) in [5.41, 5.74) is 4.43. The molecule has 35 heavy (non-hydrogen) atoms. The quantitative estimate of drug-likeness (QED) is 0.193. The summed E-state index contributed by atoms with van der Waals surface area (Å²) in [4.78, 5) is 9.16. The van der Waals surface area contributed by atoms with E-state index in [9.17, 15) is 4.39 Å². The average Bonchev–Trinajstić information content (AvgIpc) is 2.91. The number of alkyl halides is 1. The zero-order valence-electron chi connectivity index (χ0n) is 21.5. The third-order valence-corrected chi connectivity index (χ3v) is 6.41. The van der Waals surface area contributed by atoms with E-state index in [0.29, 0.717) is 12.2 Å². The Kier molecular flexibility index (Phi) is 11.7. The minimum absolute atomic E-state index is 0.123. The van der Waals surface area contributed by atoms with Gasteiger partial charge in [0.2, 0.25) is 0 Å². The summed E-state index contributed by atoms with van der Waals surface area (Å²) in [7, 11) is 0. The van der Waals surface area contributed by atoms with E-state index in [1.165, 1.54) is 50.5 Å². The van der Waals surface area contributed by atoms with Crippen LogP contribution >= 0.6 is 0 Å². The molecule has 3 aromatic rings. The van der Waals surface area contributed by atoms with E-state index in [1.807, 2.05) is 36.7 Å². The number of halogens is 1.